The number of para-hydroxylation sites is 3. The summed E-state index contributed by atoms with van der Waals surface area (Å²) in [7, 11) is 0. The summed E-state index contributed by atoms with van der Waals surface area (Å²) in [5.74, 6) is 1.01. The van der Waals surface area contributed by atoms with Gasteiger partial charge >= 0.3 is 0 Å². The number of nitrogens with one attached hydrogen (secondary N) is 1. The van der Waals surface area contributed by atoms with E-state index < -0.39 is 0 Å². The van der Waals surface area contributed by atoms with Gasteiger partial charge in [-0.15, -0.1) is 0 Å². The molecule has 210 valence electrons. The van der Waals surface area contributed by atoms with Gasteiger partial charge in [0.15, 0.2) is 0 Å². The van der Waals surface area contributed by atoms with Crippen LogP contribution in [0.5, 0.6) is 0 Å². The molecule has 0 aliphatic carbocycles. The quantitative estimate of drug-likeness (QED) is 0.209. The smallest absolute Gasteiger partial charge is 0.144 e. The van der Waals surface area contributed by atoms with Crippen LogP contribution in [0, 0.1) is 0 Å². The molecule has 0 saturated carbocycles. The molecule has 10 rings (SSSR count). The summed E-state index contributed by atoms with van der Waals surface area (Å²) < 4.78 is 2.35. The highest BCUT2D eigenvalue weighted by Crippen LogP contribution is 2.48. The molecule has 1 atom stereocenters. The standard InChI is InChI=1S/C42H27N3/c1-3-11-31-29(9-1)23-35(33-13-5-4-12-32(31)33)27-19-17-26(18-20-27)28-21-22-34-40(25-28)45-39-16-8-7-15-38(39)44-42(45)36-24-30-10-2-6-14-37(30)43-41(34)36/h1-25,41,43H. The van der Waals surface area contributed by atoms with Gasteiger partial charge in [-0.05, 0) is 85.8 Å². The third-order valence-corrected chi connectivity index (χ3v) is 9.58. The number of aromatic nitrogens is 2. The maximum absolute atomic E-state index is 5.16. The van der Waals surface area contributed by atoms with Gasteiger partial charge in [0.25, 0.3) is 0 Å². The molecule has 45 heavy (non-hydrogen) atoms. The Balaban J connectivity index is 1.11. The fourth-order valence-corrected chi connectivity index (χ4v) is 7.44. The van der Waals surface area contributed by atoms with E-state index in [9.17, 15) is 0 Å². The van der Waals surface area contributed by atoms with Gasteiger partial charge in [0.05, 0.1) is 22.8 Å². The first-order chi connectivity index (χ1) is 22.3. The van der Waals surface area contributed by atoms with Gasteiger partial charge in [0.2, 0.25) is 0 Å². The first-order valence-electron chi connectivity index (χ1n) is 15.5. The Morgan fingerprint density at radius 1 is 0.578 bits per heavy atom. The third-order valence-electron chi connectivity index (χ3n) is 9.58. The largest absolute Gasteiger partial charge is 0.373 e. The first-order valence-corrected chi connectivity index (χ1v) is 15.5. The topological polar surface area (TPSA) is 29.9 Å². The Morgan fingerprint density at radius 2 is 1.29 bits per heavy atom. The van der Waals surface area contributed by atoms with Crippen LogP contribution in [-0.2, 0) is 0 Å². The summed E-state index contributed by atoms with van der Waals surface area (Å²) in [6, 6.07) is 52.7. The van der Waals surface area contributed by atoms with E-state index in [4.69, 9.17) is 4.98 Å². The lowest BCUT2D eigenvalue weighted by molar-refractivity contribution is 0.884. The van der Waals surface area contributed by atoms with Crippen LogP contribution in [0.15, 0.2) is 146 Å². The number of nitrogens with zero attached hydrogens (tertiary/aromatic N) is 2. The van der Waals surface area contributed by atoms with Crippen molar-refractivity contribution in [3.8, 4) is 27.9 Å². The predicted molar refractivity (Wildman–Crippen MR) is 188 cm³/mol. The summed E-state index contributed by atoms with van der Waals surface area (Å²) in [6.07, 6.45) is 2.31. The zero-order valence-corrected chi connectivity index (χ0v) is 24.4. The lowest BCUT2D eigenvalue weighted by Crippen LogP contribution is -2.24. The lowest BCUT2D eigenvalue weighted by Gasteiger charge is -2.34. The summed E-state index contributed by atoms with van der Waals surface area (Å²) in [5, 5.41) is 8.96. The highest BCUT2D eigenvalue weighted by molar-refractivity contribution is 6.13. The van der Waals surface area contributed by atoms with Crippen LogP contribution in [0.25, 0.3) is 72.2 Å². The molecule has 0 bridgehead atoms. The predicted octanol–water partition coefficient (Wildman–Crippen LogP) is 10.7. The minimum Gasteiger partial charge on any atom is -0.373 e. The fourth-order valence-electron chi connectivity index (χ4n) is 7.44. The van der Waals surface area contributed by atoms with Crippen molar-refractivity contribution < 1.29 is 0 Å². The van der Waals surface area contributed by atoms with Crippen molar-refractivity contribution in [3.63, 3.8) is 0 Å². The van der Waals surface area contributed by atoms with Crippen LogP contribution in [0.2, 0.25) is 0 Å². The number of benzene rings is 7. The van der Waals surface area contributed by atoms with Gasteiger partial charge in [-0.3, -0.25) is 4.57 Å². The van der Waals surface area contributed by atoms with Crippen LogP contribution >= 0.6 is 0 Å². The van der Waals surface area contributed by atoms with Crippen LogP contribution in [0.4, 0.5) is 5.69 Å². The molecule has 2 aliphatic heterocycles. The molecule has 3 heterocycles. The van der Waals surface area contributed by atoms with Crippen molar-refractivity contribution in [3.05, 3.63) is 163 Å². The third kappa shape index (κ3) is 3.61. The van der Waals surface area contributed by atoms with Gasteiger partial charge in [-0.2, -0.15) is 0 Å². The first kappa shape index (κ1) is 24.5. The molecule has 0 saturated heterocycles. The molecule has 3 heteroatoms. The van der Waals surface area contributed by atoms with Gasteiger partial charge < -0.3 is 5.32 Å². The van der Waals surface area contributed by atoms with E-state index in [1.54, 1.807) is 0 Å². The van der Waals surface area contributed by atoms with Gasteiger partial charge in [-0.25, -0.2) is 4.98 Å². The Morgan fingerprint density at radius 3 is 2.20 bits per heavy atom. The Hall–Kier alpha value is -5.93. The Kier molecular flexibility index (Phi) is 5.06. The minimum absolute atomic E-state index is 0.0387. The average molecular weight is 574 g/mol. The average Bonchev–Trinajstić information content (AvgIpc) is 3.51. The van der Waals surface area contributed by atoms with E-state index in [2.05, 4.69) is 162 Å². The number of rotatable bonds is 2. The Bertz CT molecular complexity index is 2520. The van der Waals surface area contributed by atoms with Crippen molar-refractivity contribution in [2.24, 2.45) is 0 Å². The van der Waals surface area contributed by atoms with Crippen LogP contribution in [0.1, 0.15) is 23.0 Å². The zero-order valence-electron chi connectivity index (χ0n) is 24.4. The van der Waals surface area contributed by atoms with Crippen molar-refractivity contribution >= 4 is 49.9 Å². The maximum Gasteiger partial charge on any atom is 0.144 e. The van der Waals surface area contributed by atoms with Crippen LogP contribution < -0.4 is 5.32 Å². The molecular formula is C42H27N3. The number of hydrogen-bond acceptors (Lipinski definition) is 2. The van der Waals surface area contributed by atoms with E-state index >= 15 is 0 Å². The molecule has 1 unspecified atom stereocenters. The molecule has 0 fully saturated rings. The Labute approximate surface area is 260 Å². The van der Waals surface area contributed by atoms with E-state index in [1.807, 2.05) is 0 Å². The second kappa shape index (κ2) is 9.28. The molecule has 3 nitrogen and oxygen atoms in total. The molecule has 2 aliphatic rings. The molecule has 1 aromatic heterocycles. The molecule has 0 spiro atoms. The van der Waals surface area contributed by atoms with E-state index in [0.717, 1.165) is 22.5 Å². The SMILES string of the molecule is C1=C2c3nc4ccccc4n3-c3cc(-c4ccc(-c5cc6ccccc6c6ccccc56)cc4)ccc3C2Nc2ccccc21. The normalized spacial score (nSPS) is 14.8. The van der Waals surface area contributed by atoms with Crippen molar-refractivity contribution in [1.29, 1.82) is 0 Å². The second-order valence-electron chi connectivity index (χ2n) is 12.1. The molecule has 7 aromatic carbocycles. The van der Waals surface area contributed by atoms with Gasteiger partial charge in [0.1, 0.15) is 5.82 Å². The molecule has 1 N–H and O–H groups in total. The number of anilines is 1. The highest BCUT2D eigenvalue weighted by Gasteiger charge is 2.34. The summed E-state index contributed by atoms with van der Waals surface area (Å²) in [5.41, 5.74) is 13.0. The molecule has 0 amide bonds. The van der Waals surface area contributed by atoms with Crippen LogP contribution in [0.3, 0.4) is 0 Å². The molecule has 0 radical (unpaired) electrons. The van der Waals surface area contributed by atoms with Crippen molar-refractivity contribution in [2.45, 2.75) is 6.04 Å². The zero-order chi connectivity index (χ0) is 29.5. The molecular weight excluding hydrogens is 546 g/mol. The summed E-state index contributed by atoms with van der Waals surface area (Å²) >= 11 is 0. The summed E-state index contributed by atoms with van der Waals surface area (Å²) in [4.78, 5) is 5.16. The number of imidazole rings is 1. The van der Waals surface area contributed by atoms with Crippen LogP contribution in [-0.4, -0.2) is 9.55 Å². The molecule has 8 aromatic rings. The highest BCUT2D eigenvalue weighted by atomic mass is 15.1. The number of fused-ring (bicyclic) bond motifs is 12. The lowest BCUT2D eigenvalue weighted by atomic mass is 9.86. The number of hydrogen-bond donors (Lipinski definition) is 1. The maximum atomic E-state index is 5.16. The fraction of sp³-hybridized carbons (Fsp3) is 0.0238. The van der Waals surface area contributed by atoms with Crippen molar-refractivity contribution in [2.75, 3.05) is 5.32 Å². The summed E-state index contributed by atoms with van der Waals surface area (Å²) in [6.45, 7) is 0. The van der Waals surface area contributed by atoms with E-state index in [1.165, 1.54) is 66.2 Å². The van der Waals surface area contributed by atoms with Gasteiger partial charge in [-0.1, -0.05) is 115 Å². The van der Waals surface area contributed by atoms with E-state index in [-0.39, 0.29) is 6.04 Å². The van der Waals surface area contributed by atoms with Crippen molar-refractivity contribution in [1.82, 2.24) is 9.55 Å². The minimum atomic E-state index is 0.0387. The van der Waals surface area contributed by atoms with E-state index in [0.29, 0.717) is 0 Å². The second-order valence-corrected chi connectivity index (χ2v) is 12.1. The monoisotopic (exact) mass is 573 g/mol. The van der Waals surface area contributed by atoms with Gasteiger partial charge in [0, 0.05) is 16.8 Å².